The van der Waals surface area contributed by atoms with Crippen molar-refractivity contribution in [2.75, 3.05) is 26.4 Å². The Morgan fingerprint density at radius 1 is 0.931 bits per heavy atom. The van der Waals surface area contributed by atoms with Crippen LogP contribution in [0.4, 0.5) is 0 Å². The van der Waals surface area contributed by atoms with Crippen LogP contribution in [-0.2, 0) is 9.47 Å². The highest BCUT2D eigenvalue weighted by atomic mass is 16.5. The third-order valence-electron chi connectivity index (χ3n) is 7.27. The molecule has 0 aromatic rings. The van der Waals surface area contributed by atoms with Crippen LogP contribution < -0.4 is 0 Å². The van der Waals surface area contributed by atoms with Crippen molar-refractivity contribution in [2.24, 2.45) is 27.6 Å². The number of ether oxygens (including phenoxy) is 2. The Balaban J connectivity index is 2.13. The molecule has 152 valence electrons. The zero-order chi connectivity index (χ0) is 21.2. The first kappa shape index (κ1) is 21.3. The Morgan fingerprint density at radius 3 is 2.00 bits per heavy atom. The number of hydrogen-bond acceptors (Lipinski definition) is 6. The van der Waals surface area contributed by atoms with Crippen LogP contribution in [0.25, 0.3) is 0 Å². The van der Waals surface area contributed by atoms with Crippen LogP contribution >= 0.6 is 0 Å². The molecule has 2 fully saturated rings. The molecule has 3 aliphatic rings. The second-order valence-electron chi connectivity index (χ2n) is 8.81. The summed E-state index contributed by atoms with van der Waals surface area (Å²) >= 11 is 0. The molecule has 0 radical (unpaired) electrons. The Kier molecular flexibility index (Phi) is 5.74. The molecule has 3 aliphatic carbocycles. The molecular weight excluding hydrogens is 364 g/mol. The molecule has 0 bridgehead atoms. The maximum Gasteiger partial charge on any atom is 0.184 e. The number of nitriles is 4. The predicted molar refractivity (Wildman–Crippen MR) is 104 cm³/mol. The van der Waals surface area contributed by atoms with Crippen LogP contribution in [0.5, 0.6) is 0 Å². The van der Waals surface area contributed by atoms with E-state index in [1.807, 2.05) is 13.8 Å². The number of nitrogens with zero attached hydrogens (tertiary/aromatic N) is 4. The lowest BCUT2D eigenvalue weighted by Gasteiger charge is -2.64. The van der Waals surface area contributed by atoms with Gasteiger partial charge in [0, 0.05) is 30.0 Å². The summed E-state index contributed by atoms with van der Waals surface area (Å²) in [6.45, 7) is 5.98. The topological polar surface area (TPSA) is 114 Å². The molecule has 0 N–H and O–H groups in total. The van der Waals surface area contributed by atoms with E-state index in [-0.39, 0.29) is 11.3 Å². The van der Waals surface area contributed by atoms with E-state index in [2.05, 4.69) is 30.4 Å². The summed E-state index contributed by atoms with van der Waals surface area (Å²) in [5.74, 6) is -0.343. The molecule has 0 amide bonds. The summed E-state index contributed by atoms with van der Waals surface area (Å²) in [6.07, 6.45) is 6.56. The molecule has 29 heavy (non-hydrogen) atoms. The van der Waals surface area contributed by atoms with Gasteiger partial charge in [-0.1, -0.05) is 18.1 Å². The molecule has 0 aromatic heterocycles. The molecule has 1 spiro atoms. The quantitative estimate of drug-likeness (QED) is 0.631. The van der Waals surface area contributed by atoms with E-state index >= 15 is 0 Å². The molecule has 0 aliphatic heterocycles. The van der Waals surface area contributed by atoms with Gasteiger partial charge in [0.15, 0.2) is 10.8 Å². The fourth-order valence-corrected chi connectivity index (χ4v) is 6.13. The molecule has 0 saturated heterocycles. The summed E-state index contributed by atoms with van der Waals surface area (Å²) in [5, 5.41) is 41.0. The van der Waals surface area contributed by atoms with Gasteiger partial charge in [0.1, 0.15) is 0 Å². The summed E-state index contributed by atoms with van der Waals surface area (Å²) in [7, 11) is 0. The normalized spacial score (nSPS) is 27.1. The minimum absolute atomic E-state index is 0.305. The highest BCUT2D eigenvalue weighted by Crippen LogP contribution is 2.73. The van der Waals surface area contributed by atoms with E-state index in [1.165, 1.54) is 0 Å². The van der Waals surface area contributed by atoms with E-state index in [0.29, 0.717) is 45.7 Å². The van der Waals surface area contributed by atoms with Gasteiger partial charge >= 0.3 is 0 Å². The van der Waals surface area contributed by atoms with Gasteiger partial charge in [-0.05, 0) is 46.0 Å². The van der Waals surface area contributed by atoms with Gasteiger partial charge in [-0.3, -0.25) is 0 Å². The van der Waals surface area contributed by atoms with Crippen molar-refractivity contribution in [1.82, 2.24) is 0 Å². The number of rotatable bonds is 6. The molecule has 1 unspecified atom stereocenters. The zero-order valence-corrected chi connectivity index (χ0v) is 17.3. The fraction of sp³-hybridized carbons (Fsp3) is 0.739. The molecular formula is C23H28N4O2. The first-order valence-corrected chi connectivity index (χ1v) is 10.5. The van der Waals surface area contributed by atoms with Crippen LogP contribution in [0.2, 0.25) is 0 Å². The van der Waals surface area contributed by atoms with Crippen LogP contribution in [-0.4, -0.2) is 26.4 Å². The predicted octanol–water partition coefficient (Wildman–Crippen LogP) is 4.02. The van der Waals surface area contributed by atoms with Crippen molar-refractivity contribution in [3.63, 3.8) is 0 Å². The molecule has 6 nitrogen and oxygen atoms in total. The van der Waals surface area contributed by atoms with Gasteiger partial charge in [-0.15, -0.1) is 0 Å². The smallest absolute Gasteiger partial charge is 0.184 e. The number of allylic oxidation sites excluding steroid dienone is 2. The summed E-state index contributed by atoms with van der Waals surface area (Å²) in [4.78, 5) is 0. The van der Waals surface area contributed by atoms with Crippen molar-refractivity contribution >= 4 is 0 Å². The van der Waals surface area contributed by atoms with Crippen molar-refractivity contribution in [1.29, 1.82) is 21.0 Å². The zero-order valence-electron chi connectivity index (χ0n) is 17.3. The minimum atomic E-state index is -1.70. The second kappa shape index (κ2) is 7.80. The van der Waals surface area contributed by atoms with Crippen molar-refractivity contribution in [3.05, 3.63) is 11.6 Å². The van der Waals surface area contributed by atoms with Crippen LogP contribution in [0, 0.1) is 72.9 Å². The van der Waals surface area contributed by atoms with Crippen LogP contribution in [0.1, 0.15) is 52.4 Å². The van der Waals surface area contributed by atoms with Gasteiger partial charge in [-0.2, -0.15) is 21.0 Å². The van der Waals surface area contributed by atoms with Gasteiger partial charge in [0.2, 0.25) is 0 Å². The van der Waals surface area contributed by atoms with Crippen molar-refractivity contribution in [2.45, 2.75) is 52.4 Å². The summed E-state index contributed by atoms with van der Waals surface area (Å²) < 4.78 is 11.4. The highest BCUT2D eigenvalue weighted by Gasteiger charge is 2.76. The molecule has 3 rings (SSSR count). The summed E-state index contributed by atoms with van der Waals surface area (Å²) in [6, 6.07) is 8.78. The van der Waals surface area contributed by atoms with E-state index in [4.69, 9.17) is 9.47 Å². The molecule has 0 aromatic carbocycles. The van der Waals surface area contributed by atoms with Crippen LogP contribution in [0.15, 0.2) is 11.6 Å². The Bertz CT molecular complexity index is 804. The van der Waals surface area contributed by atoms with E-state index in [9.17, 15) is 21.0 Å². The second-order valence-corrected chi connectivity index (χ2v) is 8.81. The maximum atomic E-state index is 10.3. The van der Waals surface area contributed by atoms with Gasteiger partial charge < -0.3 is 9.47 Å². The lowest BCUT2D eigenvalue weighted by Crippen LogP contribution is -2.66. The average Bonchev–Trinajstić information content (AvgIpc) is 2.73. The van der Waals surface area contributed by atoms with Crippen LogP contribution in [0.3, 0.4) is 0 Å². The highest BCUT2D eigenvalue weighted by molar-refractivity contribution is 5.50. The molecule has 1 atom stereocenters. The SMILES string of the molecule is CCOCC1(COCC)CC2(C=C3CCCCC3C(C#N)(C#N)C2(C#N)C#N)C1. The largest absolute Gasteiger partial charge is 0.381 e. The van der Waals surface area contributed by atoms with Crippen molar-refractivity contribution in [3.8, 4) is 24.3 Å². The lowest BCUT2D eigenvalue weighted by atomic mass is 9.34. The van der Waals surface area contributed by atoms with Gasteiger partial charge in [0.05, 0.1) is 37.5 Å². The lowest BCUT2D eigenvalue weighted by molar-refractivity contribution is -0.159. The molecule has 6 heteroatoms. The van der Waals surface area contributed by atoms with E-state index in [0.717, 1.165) is 24.8 Å². The van der Waals surface area contributed by atoms with Crippen molar-refractivity contribution < 1.29 is 9.47 Å². The van der Waals surface area contributed by atoms with E-state index in [1.54, 1.807) is 0 Å². The summed E-state index contributed by atoms with van der Waals surface area (Å²) in [5.41, 5.74) is -3.39. The Morgan fingerprint density at radius 2 is 1.52 bits per heavy atom. The Labute approximate surface area is 173 Å². The average molecular weight is 393 g/mol. The third kappa shape index (κ3) is 2.79. The van der Waals surface area contributed by atoms with E-state index < -0.39 is 16.2 Å². The Hall–Kier alpha value is -2.38. The molecule has 0 heterocycles. The third-order valence-corrected chi connectivity index (χ3v) is 7.27. The fourth-order valence-electron chi connectivity index (χ4n) is 6.13. The molecule has 2 saturated carbocycles. The maximum absolute atomic E-state index is 10.3. The number of hydrogen-bond donors (Lipinski definition) is 0. The van der Waals surface area contributed by atoms with Gasteiger partial charge in [-0.25, -0.2) is 0 Å². The number of fused-ring (bicyclic) bond motifs is 1. The first-order chi connectivity index (χ1) is 14.0. The first-order valence-electron chi connectivity index (χ1n) is 10.5. The minimum Gasteiger partial charge on any atom is -0.381 e. The monoisotopic (exact) mass is 392 g/mol. The van der Waals surface area contributed by atoms with Gasteiger partial charge in [0.25, 0.3) is 0 Å². The standard InChI is InChI=1S/C23H28N4O2/c1-3-28-16-20(17-29-4-2)10-21(11-20)9-18-7-5-6-8-19(18)22(12-24,13-25)23(21,14-26)15-27/h9,19H,3-8,10-11,16-17H2,1-2H3.